The molecule has 2 fully saturated rings. The second-order valence-corrected chi connectivity index (χ2v) is 6.92. The Balaban J connectivity index is 0.00000225. The van der Waals surface area contributed by atoms with Crippen LogP contribution in [0.25, 0.3) is 0 Å². The lowest BCUT2D eigenvalue weighted by molar-refractivity contribution is -0.120. The molecule has 3 rings (SSSR count). The zero-order chi connectivity index (χ0) is 16.8. The van der Waals surface area contributed by atoms with Gasteiger partial charge in [-0.25, -0.2) is 0 Å². The summed E-state index contributed by atoms with van der Waals surface area (Å²) in [5.74, 6) is 0.130. The fourth-order valence-electron chi connectivity index (χ4n) is 3.59. The topological polar surface area (TPSA) is 70.2 Å². The van der Waals surface area contributed by atoms with E-state index in [4.69, 9.17) is 0 Å². The minimum atomic E-state index is -0.0718. The lowest BCUT2D eigenvalue weighted by Gasteiger charge is -2.24. The third kappa shape index (κ3) is 5.72. The van der Waals surface area contributed by atoms with Crippen LogP contribution >= 0.6 is 12.4 Å². The van der Waals surface area contributed by atoms with Crippen LogP contribution in [0.4, 0.5) is 5.69 Å². The molecule has 5 nitrogen and oxygen atoms in total. The van der Waals surface area contributed by atoms with Crippen molar-refractivity contribution in [1.29, 1.82) is 0 Å². The van der Waals surface area contributed by atoms with E-state index in [0.717, 1.165) is 51.6 Å². The summed E-state index contributed by atoms with van der Waals surface area (Å²) in [6.07, 6.45) is 7.54. The molecule has 1 atom stereocenters. The summed E-state index contributed by atoms with van der Waals surface area (Å²) < 4.78 is 0. The van der Waals surface area contributed by atoms with Crippen molar-refractivity contribution in [3.05, 3.63) is 29.8 Å². The van der Waals surface area contributed by atoms with Crippen molar-refractivity contribution in [2.45, 2.75) is 51.0 Å². The predicted molar refractivity (Wildman–Crippen MR) is 102 cm³/mol. The lowest BCUT2D eigenvalue weighted by Crippen LogP contribution is -2.45. The molecule has 138 valence electrons. The van der Waals surface area contributed by atoms with Gasteiger partial charge in [0.2, 0.25) is 5.91 Å². The van der Waals surface area contributed by atoms with Crippen LogP contribution in [0.1, 0.15) is 55.3 Å². The molecule has 3 N–H and O–H groups in total. The van der Waals surface area contributed by atoms with Gasteiger partial charge in [-0.1, -0.05) is 25.3 Å². The van der Waals surface area contributed by atoms with E-state index in [1.54, 1.807) is 12.1 Å². The van der Waals surface area contributed by atoms with E-state index in [1.165, 1.54) is 6.42 Å². The molecule has 1 aliphatic carbocycles. The SMILES string of the molecule is Cl.O=C(N[C@H]1CCCNC1)c1cccc(NC(=O)C2CCCCC2)c1. The van der Waals surface area contributed by atoms with Crippen molar-refractivity contribution < 1.29 is 9.59 Å². The number of nitrogens with one attached hydrogen (secondary N) is 3. The number of piperidine rings is 1. The standard InChI is InChI=1S/C19H27N3O2.ClH/c23-18(14-6-2-1-3-7-14)21-16-9-4-8-15(12-16)19(24)22-17-10-5-11-20-13-17;/h4,8-9,12,14,17,20H,1-3,5-7,10-11,13H2,(H,21,23)(H,22,24);1H/t17-;/m0./s1. The highest BCUT2D eigenvalue weighted by molar-refractivity contribution is 5.97. The highest BCUT2D eigenvalue weighted by Crippen LogP contribution is 2.25. The zero-order valence-corrected chi connectivity index (χ0v) is 15.4. The Morgan fingerprint density at radius 1 is 1.04 bits per heavy atom. The van der Waals surface area contributed by atoms with Gasteiger partial charge in [-0.15, -0.1) is 12.4 Å². The Hall–Kier alpha value is -1.59. The molecule has 1 aliphatic heterocycles. The summed E-state index contributed by atoms with van der Waals surface area (Å²) in [6.45, 7) is 1.85. The molecule has 0 unspecified atom stereocenters. The molecule has 6 heteroatoms. The average molecular weight is 366 g/mol. The van der Waals surface area contributed by atoms with Gasteiger partial charge in [0.15, 0.2) is 0 Å². The first-order valence-corrected chi connectivity index (χ1v) is 9.15. The summed E-state index contributed by atoms with van der Waals surface area (Å²) in [4.78, 5) is 24.7. The molecule has 1 saturated heterocycles. The molecule has 1 heterocycles. The Bertz CT molecular complexity index is 582. The fourth-order valence-corrected chi connectivity index (χ4v) is 3.59. The molecule has 1 aromatic rings. The van der Waals surface area contributed by atoms with E-state index in [1.807, 2.05) is 12.1 Å². The molecule has 1 saturated carbocycles. The molecule has 0 aromatic heterocycles. The van der Waals surface area contributed by atoms with Crippen molar-refractivity contribution in [2.75, 3.05) is 18.4 Å². The first-order chi connectivity index (χ1) is 11.7. The van der Waals surface area contributed by atoms with Gasteiger partial charge in [0.1, 0.15) is 0 Å². The van der Waals surface area contributed by atoms with Crippen LogP contribution in [0.5, 0.6) is 0 Å². The molecule has 0 radical (unpaired) electrons. The van der Waals surface area contributed by atoms with E-state index >= 15 is 0 Å². The van der Waals surface area contributed by atoms with Gasteiger partial charge in [-0.2, -0.15) is 0 Å². The molecule has 0 spiro atoms. The molecular formula is C19H28ClN3O2. The minimum absolute atomic E-state index is 0. The highest BCUT2D eigenvalue weighted by Gasteiger charge is 2.21. The van der Waals surface area contributed by atoms with E-state index in [-0.39, 0.29) is 36.2 Å². The fraction of sp³-hybridized carbons (Fsp3) is 0.579. The van der Waals surface area contributed by atoms with Gasteiger partial charge in [0.25, 0.3) is 5.91 Å². The Morgan fingerprint density at radius 3 is 2.56 bits per heavy atom. The van der Waals surface area contributed by atoms with Crippen molar-refractivity contribution in [1.82, 2.24) is 10.6 Å². The Labute approximate surface area is 155 Å². The number of anilines is 1. The second kappa shape index (κ2) is 9.78. The number of rotatable bonds is 4. The van der Waals surface area contributed by atoms with Gasteiger partial charge in [-0.05, 0) is 50.4 Å². The van der Waals surface area contributed by atoms with E-state index in [9.17, 15) is 9.59 Å². The maximum Gasteiger partial charge on any atom is 0.251 e. The van der Waals surface area contributed by atoms with Crippen LogP contribution in [-0.2, 0) is 4.79 Å². The molecule has 2 amide bonds. The molecule has 1 aromatic carbocycles. The quantitative estimate of drug-likeness (QED) is 0.767. The summed E-state index contributed by atoms with van der Waals surface area (Å²) >= 11 is 0. The maximum atomic E-state index is 12.4. The number of carbonyl (C=O) groups excluding carboxylic acids is 2. The number of hydrogen-bond acceptors (Lipinski definition) is 3. The van der Waals surface area contributed by atoms with Crippen LogP contribution in [0.3, 0.4) is 0 Å². The number of halogens is 1. The van der Waals surface area contributed by atoms with Crippen LogP contribution in [0, 0.1) is 5.92 Å². The van der Waals surface area contributed by atoms with Gasteiger partial charge in [0, 0.05) is 29.8 Å². The maximum absolute atomic E-state index is 12.4. The highest BCUT2D eigenvalue weighted by atomic mass is 35.5. The normalized spacial score (nSPS) is 21.0. The number of amides is 2. The van der Waals surface area contributed by atoms with Crippen molar-refractivity contribution in [2.24, 2.45) is 5.92 Å². The smallest absolute Gasteiger partial charge is 0.251 e. The second-order valence-electron chi connectivity index (χ2n) is 6.92. The van der Waals surface area contributed by atoms with Gasteiger partial charge < -0.3 is 16.0 Å². The van der Waals surface area contributed by atoms with Crippen LogP contribution in [0.2, 0.25) is 0 Å². The van der Waals surface area contributed by atoms with E-state index in [2.05, 4.69) is 16.0 Å². The molecular weight excluding hydrogens is 338 g/mol. The Kier molecular flexibility index (Phi) is 7.72. The van der Waals surface area contributed by atoms with Crippen molar-refractivity contribution in [3.8, 4) is 0 Å². The summed E-state index contributed by atoms with van der Waals surface area (Å²) in [5.41, 5.74) is 1.31. The molecule has 25 heavy (non-hydrogen) atoms. The first-order valence-electron chi connectivity index (χ1n) is 9.15. The summed E-state index contributed by atoms with van der Waals surface area (Å²) in [6, 6.07) is 7.42. The third-order valence-electron chi connectivity index (χ3n) is 5.00. The zero-order valence-electron chi connectivity index (χ0n) is 14.6. The predicted octanol–water partition coefficient (Wildman–Crippen LogP) is 3.11. The largest absolute Gasteiger partial charge is 0.348 e. The van der Waals surface area contributed by atoms with Crippen molar-refractivity contribution >= 4 is 29.9 Å². The van der Waals surface area contributed by atoms with Crippen LogP contribution in [-0.4, -0.2) is 30.9 Å². The van der Waals surface area contributed by atoms with Crippen LogP contribution < -0.4 is 16.0 Å². The summed E-state index contributed by atoms with van der Waals surface area (Å²) in [7, 11) is 0. The van der Waals surface area contributed by atoms with Crippen molar-refractivity contribution in [3.63, 3.8) is 0 Å². The minimum Gasteiger partial charge on any atom is -0.348 e. The van der Waals surface area contributed by atoms with E-state index in [0.29, 0.717) is 11.3 Å². The monoisotopic (exact) mass is 365 g/mol. The molecule has 2 aliphatic rings. The number of carbonyl (C=O) groups is 2. The first kappa shape index (κ1) is 19.7. The van der Waals surface area contributed by atoms with Crippen LogP contribution in [0.15, 0.2) is 24.3 Å². The summed E-state index contributed by atoms with van der Waals surface area (Å²) in [5, 5.41) is 9.34. The number of hydrogen-bond donors (Lipinski definition) is 3. The van der Waals surface area contributed by atoms with Gasteiger partial charge >= 0.3 is 0 Å². The van der Waals surface area contributed by atoms with E-state index < -0.39 is 0 Å². The molecule has 0 bridgehead atoms. The van der Waals surface area contributed by atoms with Gasteiger partial charge in [-0.3, -0.25) is 9.59 Å². The Morgan fingerprint density at radius 2 is 1.84 bits per heavy atom. The third-order valence-corrected chi connectivity index (χ3v) is 5.00. The lowest BCUT2D eigenvalue weighted by atomic mass is 9.88. The van der Waals surface area contributed by atoms with Gasteiger partial charge in [0.05, 0.1) is 0 Å². The number of benzene rings is 1. The average Bonchev–Trinajstić information content (AvgIpc) is 2.63.